The highest BCUT2D eigenvalue weighted by atomic mass is 28.4. The summed E-state index contributed by atoms with van der Waals surface area (Å²) in [4.78, 5) is 11.9. The van der Waals surface area contributed by atoms with Gasteiger partial charge in [-0.15, -0.1) is 6.42 Å². The van der Waals surface area contributed by atoms with Crippen LogP contribution in [0.1, 0.15) is 31.9 Å². The average Bonchev–Trinajstić information content (AvgIpc) is 2.83. The lowest BCUT2D eigenvalue weighted by Gasteiger charge is -2.43. The van der Waals surface area contributed by atoms with E-state index < -0.39 is 14.4 Å². The maximum absolute atomic E-state index is 11.9. The number of carbonyl (C=O) groups excluding carboxylic acids is 1. The first-order valence-electron chi connectivity index (χ1n) is 11.2. The van der Waals surface area contributed by atoms with E-state index in [1.807, 2.05) is 30.3 Å². The Kier molecular flexibility index (Phi) is 8.16. The Bertz CT molecular complexity index is 1100. The summed E-state index contributed by atoms with van der Waals surface area (Å²) in [5.41, 5.74) is 8.35. The number of amides is 1. The number of hydrogen-bond donors (Lipinski definition) is 2. The number of carbonyl (C=O) groups is 1. The number of benzene rings is 3. The zero-order valence-corrected chi connectivity index (χ0v) is 21.0. The maximum atomic E-state index is 11.9. The Balaban J connectivity index is 1.97. The van der Waals surface area contributed by atoms with Crippen molar-refractivity contribution >= 4 is 30.5 Å². The van der Waals surface area contributed by atoms with Crippen molar-refractivity contribution in [2.75, 3.05) is 12.3 Å². The molecular weight excluding hydrogens is 440 g/mol. The van der Waals surface area contributed by atoms with Gasteiger partial charge in [-0.3, -0.25) is 0 Å². The average molecular weight is 473 g/mol. The van der Waals surface area contributed by atoms with Crippen LogP contribution in [0, 0.1) is 12.3 Å². The van der Waals surface area contributed by atoms with Crippen LogP contribution in [0.2, 0.25) is 5.04 Å². The van der Waals surface area contributed by atoms with Crippen LogP contribution in [0.25, 0.3) is 0 Å². The van der Waals surface area contributed by atoms with Gasteiger partial charge in [0.1, 0.15) is 6.61 Å². The molecule has 0 fully saturated rings. The fourth-order valence-electron chi connectivity index (χ4n) is 4.19. The Morgan fingerprint density at radius 2 is 1.53 bits per heavy atom. The SMILES string of the molecule is C#CCNC(=O)OCc1cc(N)ccc1CO[Si](c1ccccc1)(c1ccccc1)C(C)(C)C. The summed E-state index contributed by atoms with van der Waals surface area (Å²) in [6.45, 7) is 7.25. The maximum Gasteiger partial charge on any atom is 0.408 e. The monoisotopic (exact) mass is 472 g/mol. The molecule has 0 aromatic heterocycles. The molecule has 0 aliphatic carbocycles. The molecule has 0 saturated heterocycles. The quantitative estimate of drug-likeness (QED) is 0.293. The lowest BCUT2D eigenvalue weighted by atomic mass is 10.1. The minimum absolute atomic E-state index is 0.0703. The van der Waals surface area contributed by atoms with Crippen molar-refractivity contribution in [3.8, 4) is 12.3 Å². The molecule has 0 aliphatic rings. The molecule has 0 bridgehead atoms. The van der Waals surface area contributed by atoms with E-state index in [4.69, 9.17) is 21.3 Å². The van der Waals surface area contributed by atoms with Gasteiger partial charge in [-0.25, -0.2) is 4.79 Å². The van der Waals surface area contributed by atoms with Crippen molar-refractivity contribution < 1.29 is 14.0 Å². The van der Waals surface area contributed by atoms with Crippen LogP contribution in [0.15, 0.2) is 78.9 Å². The van der Waals surface area contributed by atoms with E-state index in [1.54, 1.807) is 0 Å². The zero-order chi connectivity index (χ0) is 24.6. The van der Waals surface area contributed by atoms with Crippen LogP contribution in [0.4, 0.5) is 10.5 Å². The predicted octanol–water partition coefficient (Wildman–Crippen LogP) is 4.20. The van der Waals surface area contributed by atoms with Crippen LogP contribution < -0.4 is 21.4 Å². The molecule has 0 spiro atoms. The second-order valence-corrected chi connectivity index (χ2v) is 13.4. The summed E-state index contributed by atoms with van der Waals surface area (Å²) in [7, 11) is -2.70. The van der Waals surface area contributed by atoms with Crippen molar-refractivity contribution in [1.29, 1.82) is 0 Å². The Labute approximate surface area is 203 Å². The molecule has 0 saturated carbocycles. The fourth-order valence-corrected chi connectivity index (χ4v) is 8.71. The number of terminal acetylenes is 1. The number of anilines is 1. The highest BCUT2D eigenvalue weighted by Crippen LogP contribution is 2.37. The minimum atomic E-state index is -2.70. The van der Waals surface area contributed by atoms with E-state index in [1.165, 1.54) is 10.4 Å². The molecule has 3 aromatic rings. The van der Waals surface area contributed by atoms with Crippen LogP contribution >= 0.6 is 0 Å². The summed E-state index contributed by atoms with van der Waals surface area (Å²) in [6.07, 6.45) is 4.62. The molecule has 1 amide bonds. The van der Waals surface area contributed by atoms with Gasteiger partial charge in [-0.2, -0.15) is 0 Å². The van der Waals surface area contributed by atoms with Gasteiger partial charge in [-0.1, -0.05) is 93.4 Å². The van der Waals surface area contributed by atoms with Gasteiger partial charge >= 0.3 is 6.09 Å². The van der Waals surface area contributed by atoms with E-state index in [0.717, 1.165) is 11.1 Å². The van der Waals surface area contributed by atoms with E-state index in [2.05, 4.69) is 80.5 Å². The normalized spacial score (nSPS) is 11.5. The predicted molar refractivity (Wildman–Crippen MR) is 140 cm³/mol. The minimum Gasteiger partial charge on any atom is -0.445 e. The third-order valence-corrected chi connectivity index (χ3v) is 10.8. The molecule has 34 heavy (non-hydrogen) atoms. The third-order valence-electron chi connectivity index (χ3n) is 5.78. The van der Waals surface area contributed by atoms with Crippen molar-refractivity contribution in [3.05, 3.63) is 90.0 Å². The van der Waals surface area contributed by atoms with Crippen LogP contribution in [0.5, 0.6) is 0 Å². The summed E-state index contributed by atoms with van der Waals surface area (Å²) in [5.74, 6) is 2.35. The molecule has 6 heteroatoms. The van der Waals surface area contributed by atoms with Crippen molar-refractivity contribution in [2.24, 2.45) is 0 Å². The van der Waals surface area contributed by atoms with Gasteiger partial charge in [0, 0.05) is 5.69 Å². The smallest absolute Gasteiger partial charge is 0.408 e. The zero-order valence-electron chi connectivity index (χ0n) is 20.0. The Morgan fingerprint density at radius 3 is 2.06 bits per heavy atom. The van der Waals surface area contributed by atoms with Gasteiger partial charge in [-0.05, 0) is 38.7 Å². The highest BCUT2D eigenvalue weighted by molar-refractivity contribution is 6.99. The molecule has 3 N–H and O–H groups in total. The summed E-state index contributed by atoms with van der Waals surface area (Å²) in [6, 6.07) is 26.5. The summed E-state index contributed by atoms with van der Waals surface area (Å²) in [5, 5.41) is 4.77. The van der Waals surface area contributed by atoms with E-state index in [0.29, 0.717) is 12.3 Å². The second kappa shape index (κ2) is 11.1. The van der Waals surface area contributed by atoms with Gasteiger partial charge in [0.05, 0.1) is 13.2 Å². The molecular formula is C28H32N2O3Si. The Morgan fingerprint density at radius 1 is 0.941 bits per heavy atom. The van der Waals surface area contributed by atoms with Crippen LogP contribution in [-0.2, 0) is 22.4 Å². The number of nitrogens with two attached hydrogens (primary N) is 1. The van der Waals surface area contributed by atoms with Crippen molar-refractivity contribution in [3.63, 3.8) is 0 Å². The molecule has 0 aliphatic heterocycles. The molecule has 0 atom stereocenters. The number of ether oxygens (including phenoxy) is 1. The van der Waals surface area contributed by atoms with Gasteiger partial charge in [0.15, 0.2) is 0 Å². The first-order valence-corrected chi connectivity index (χ1v) is 13.1. The fraction of sp³-hybridized carbons (Fsp3) is 0.250. The molecule has 3 aromatic carbocycles. The number of hydrogen-bond acceptors (Lipinski definition) is 4. The largest absolute Gasteiger partial charge is 0.445 e. The molecule has 0 heterocycles. The number of rotatable bonds is 8. The number of nitrogens with one attached hydrogen (secondary N) is 1. The molecule has 5 nitrogen and oxygen atoms in total. The molecule has 0 unspecified atom stereocenters. The molecule has 0 radical (unpaired) electrons. The third kappa shape index (κ3) is 5.68. The lowest BCUT2D eigenvalue weighted by Crippen LogP contribution is -2.66. The van der Waals surface area contributed by atoms with Gasteiger partial charge < -0.3 is 20.2 Å². The van der Waals surface area contributed by atoms with Crippen LogP contribution in [0.3, 0.4) is 0 Å². The summed E-state index contributed by atoms with van der Waals surface area (Å²) < 4.78 is 12.4. The van der Waals surface area contributed by atoms with Crippen molar-refractivity contribution in [2.45, 2.75) is 39.0 Å². The van der Waals surface area contributed by atoms with E-state index >= 15 is 0 Å². The Hall–Kier alpha value is -3.53. The van der Waals surface area contributed by atoms with Gasteiger partial charge in [0.25, 0.3) is 8.32 Å². The number of alkyl carbamates (subject to hydrolysis) is 1. The topological polar surface area (TPSA) is 73.6 Å². The van der Waals surface area contributed by atoms with E-state index in [-0.39, 0.29) is 18.2 Å². The number of nitrogen functional groups attached to an aromatic ring is 1. The first kappa shape index (κ1) is 25.1. The standard InChI is InChI=1S/C28H32N2O3Si/c1-5-18-30-27(31)32-20-23-19-24(29)17-16-22(23)21-33-34(28(2,3)4,25-12-8-6-9-13-25)26-14-10-7-11-15-26/h1,6-17,19H,18,20-21,29H2,2-4H3,(H,30,31). The lowest BCUT2D eigenvalue weighted by molar-refractivity contribution is 0.140. The van der Waals surface area contributed by atoms with Crippen LogP contribution in [-0.4, -0.2) is 21.0 Å². The van der Waals surface area contributed by atoms with Gasteiger partial charge in [0.2, 0.25) is 0 Å². The summed E-state index contributed by atoms with van der Waals surface area (Å²) >= 11 is 0. The molecule has 3 rings (SSSR count). The molecule has 176 valence electrons. The van der Waals surface area contributed by atoms with Crippen molar-refractivity contribution in [1.82, 2.24) is 5.32 Å². The van der Waals surface area contributed by atoms with E-state index in [9.17, 15) is 4.79 Å². The highest BCUT2D eigenvalue weighted by Gasteiger charge is 2.50. The first-order chi connectivity index (χ1) is 16.3. The second-order valence-electron chi connectivity index (χ2n) is 9.11.